The van der Waals surface area contributed by atoms with Crippen LogP contribution in [0.3, 0.4) is 0 Å². The number of carbonyl (C=O) groups is 1. The van der Waals surface area contributed by atoms with Gasteiger partial charge < -0.3 is 9.64 Å². The number of piperazine rings is 1. The predicted molar refractivity (Wildman–Crippen MR) is 132 cm³/mol. The molecule has 1 saturated carbocycles. The summed E-state index contributed by atoms with van der Waals surface area (Å²) in [6.45, 7) is 7.16. The molecule has 0 spiro atoms. The second-order valence-corrected chi connectivity index (χ2v) is 9.65. The van der Waals surface area contributed by atoms with Gasteiger partial charge in [-0.15, -0.1) is 0 Å². The van der Waals surface area contributed by atoms with Gasteiger partial charge in [0.25, 0.3) is 0 Å². The van der Waals surface area contributed by atoms with Crippen LogP contribution < -0.4 is 9.64 Å². The molecule has 1 aliphatic carbocycles. The molecular formula is C28H38N2O2. The molecule has 0 N–H and O–H groups in total. The lowest BCUT2D eigenvalue weighted by Gasteiger charge is -2.39. The van der Waals surface area contributed by atoms with Crippen molar-refractivity contribution in [3.63, 3.8) is 0 Å². The fourth-order valence-corrected chi connectivity index (χ4v) is 5.52. The molecule has 1 aliphatic heterocycles. The third-order valence-corrected chi connectivity index (χ3v) is 7.66. The normalized spacial score (nSPS) is 20.0. The first-order valence-electron chi connectivity index (χ1n) is 12.3. The Balaban J connectivity index is 1.41. The van der Waals surface area contributed by atoms with Crippen LogP contribution in [0.4, 0.5) is 5.69 Å². The molecule has 4 rings (SSSR count). The number of hydrogen-bond donors (Lipinski definition) is 0. The topological polar surface area (TPSA) is 32.8 Å². The highest BCUT2D eigenvalue weighted by Crippen LogP contribution is 2.37. The predicted octanol–water partition coefficient (Wildman–Crippen LogP) is 5.31. The van der Waals surface area contributed by atoms with Gasteiger partial charge in [-0.05, 0) is 50.4 Å². The Morgan fingerprint density at radius 3 is 2.28 bits per heavy atom. The maximum absolute atomic E-state index is 13.8. The lowest BCUT2D eigenvalue weighted by molar-refractivity contribution is -0.129. The lowest BCUT2D eigenvalue weighted by atomic mass is 9.69. The van der Waals surface area contributed by atoms with E-state index < -0.39 is 5.41 Å². The Labute approximate surface area is 193 Å². The van der Waals surface area contributed by atoms with Crippen molar-refractivity contribution < 1.29 is 9.53 Å². The number of anilines is 1. The molecule has 2 aliphatic rings. The van der Waals surface area contributed by atoms with Gasteiger partial charge in [-0.25, -0.2) is 0 Å². The fraction of sp³-hybridized carbons (Fsp3) is 0.536. The van der Waals surface area contributed by atoms with E-state index >= 15 is 0 Å². The molecule has 1 atom stereocenters. The number of rotatable bonds is 8. The molecule has 2 fully saturated rings. The second-order valence-electron chi connectivity index (χ2n) is 9.65. The molecule has 4 heteroatoms. The van der Waals surface area contributed by atoms with E-state index in [2.05, 4.69) is 53.1 Å². The number of benzene rings is 2. The average molecular weight is 435 g/mol. The van der Waals surface area contributed by atoms with Gasteiger partial charge in [0.15, 0.2) is 0 Å². The molecule has 0 radical (unpaired) electrons. The van der Waals surface area contributed by atoms with Gasteiger partial charge in [0, 0.05) is 32.1 Å². The van der Waals surface area contributed by atoms with E-state index in [4.69, 9.17) is 4.74 Å². The van der Waals surface area contributed by atoms with E-state index in [-0.39, 0.29) is 5.92 Å². The van der Waals surface area contributed by atoms with Crippen LogP contribution in [-0.4, -0.2) is 50.5 Å². The molecule has 2 aromatic carbocycles. The number of methoxy groups -OCH3 is 1. The number of carbonyl (C=O) groups excluding carboxylic acids is 1. The Kier molecular flexibility index (Phi) is 7.51. The van der Waals surface area contributed by atoms with Crippen molar-refractivity contribution in [3.8, 4) is 5.75 Å². The fourth-order valence-electron chi connectivity index (χ4n) is 5.52. The van der Waals surface area contributed by atoms with Crippen LogP contribution in [0.2, 0.25) is 0 Å². The van der Waals surface area contributed by atoms with Crippen molar-refractivity contribution in [2.24, 2.45) is 5.92 Å². The molecule has 172 valence electrons. The molecule has 0 amide bonds. The third-order valence-electron chi connectivity index (χ3n) is 7.66. The van der Waals surface area contributed by atoms with Gasteiger partial charge >= 0.3 is 0 Å². The van der Waals surface area contributed by atoms with Gasteiger partial charge in [0.1, 0.15) is 11.5 Å². The van der Waals surface area contributed by atoms with Gasteiger partial charge in [0.05, 0.1) is 18.2 Å². The van der Waals surface area contributed by atoms with Crippen molar-refractivity contribution in [3.05, 3.63) is 60.2 Å². The zero-order valence-electron chi connectivity index (χ0n) is 19.8. The molecule has 0 aromatic heterocycles. The van der Waals surface area contributed by atoms with Crippen LogP contribution >= 0.6 is 0 Å². The van der Waals surface area contributed by atoms with Crippen molar-refractivity contribution in [2.75, 3.05) is 44.7 Å². The SMILES string of the molecule is COc1ccccc1N1CCN(CC[C@](C)(C(=O)C2CCCCC2)c2ccccc2)CC1. The van der Waals surface area contributed by atoms with E-state index in [1.54, 1.807) is 7.11 Å². The van der Waals surface area contributed by atoms with Gasteiger partial charge in [0.2, 0.25) is 0 Å². The van der Waals surface area contributed by atoms with Gasteiger partial charge in [-0.3, -0.25) is 9.69 Å². The monoisotopic (exact) mass is 434 g/mol. The number of nitrogens with zero attached hydrogens (tertiary/aromatic N) is 2. The summed E-state index contributed by atoms with van der Waals surface area (Å²) in [7, 11) is 1.74. The summed E-state index contributed by atoms with van der Waals surface area (Å²) in [5.74, 6) is 1.64. The minimum atomic E-state index is -0.400. The van der Waals surface area contributed by atoms with E-state index in [1.165, 1.54) is 30.5 Å². The number of Topliss-reactive ketones (excluding diaryl/α,β-unsaturated/α-hetero) is 1. The Bertz CT molecular complexity index is 870. The Hall–Kier alpha value is -2.33. The van der Waals surface area contributed by atoms with Crippen LogP contribution in [0.15, 0.2) is 54.6 Å². The maximum Gasteiger partial charge on any atom is 0.146 e. The summed E-state index contributed by atoms with van der Waals surface area (Å²) in [4.78, 5) is 18.7. The molecule has 0 bridgehead atoms. The summed E-state index contributed by atoms with van der Waals surface area (Å²) >= 11 is 0. The van der Waals surface area contributed by atoms with Crippen molar-refractivity contribution in [2.45, 2.75) is 50.9 Å². The second kappa shape index (κ2) is 10.5. The van der Waals surface area contributed by atoms with Crippen molar-refractivity contribution in [1.29, 1.82) is 0 Å². The summed E-state index contributed by atoms with van der Waals surface area (Å²) in [6.07, 6.45) is 6.71. The van der Waals surface area contributed by atoms with Crippen LogP contribution in [0.5, 0.6) is 5.75 Å². The quantitative estimate of drug-likeness (QED) is 0.563. The largest absolute Gasteiger partial charge is 0.495 e. The molecule has 32 heavy (non-hydrogen) atoms. The van der Waals surface area contributed by atoms with Gasteiger partial charge in [-0.1, -0.05) is 61.7 Å². The van der Waals surface area contributed by atoms with Gasteiger partial charge in [-0.2, -0.15) is 0 Å². The summed E-state index contributed by atoms with van der Waals surface area (Å²) in [6, 6.07) is 18.8. The molecule has 1 saturated heterocycles. The first-order chi connectivity index (χ1) is 15.6. The van der Waals surface area contributed by atoms with Crippen LogP contribution in [-0.2, 0) is 10.2 Å². The van der Waals surface area contributed by atoms with E-state index in [0.717, 1.165) is 57.7 Å². The first kappa shape index (κ1) is 22.8. The molecule has 2 aromatic rings. The van der Waals surface area contributed by atoms with Crippen LogP contribution in [0, 0.1) is 5.92 Å². The van der Waals surface area contributed by atoms with Crippen molar-refractivity contribution in [1.82, 2.24) is 4.90 Å². The number of ether oxygens (including phenoxy) is 1. The summed E-state index contributed by atoms with van der Waals surface area (Å²) in [5, 5.41) is 0. The highest BCUT2D eigenvalue weighted by Gasteiger charge is 2.39. The minimum absolute atomic E-state index is 0.233. The summed E-state index contributed by atoms with van der Waals surface area (Å²) < 4.78 is 5.56. The highest BCUT2D eigenvalue weighted by atomic mass is 16.5. The average Bonchev–Trinajstić information content (AvgIpc) is 2.88. The molecule has 1 heterocycles. The zero-order valence-corrected chi connectivity index (χ0v) is 19.8. The number of ketones is 1. The van der Waals surface area contributed by atoms with E-state index in [9.17, 15) is 4.79 Å². The number of para-hydroxylation sites is 2. The maximum atomic E-state index is 13.8. The molecular weight excluding hydrogens is 396 g/mol. The van der Waals surface area contributed by atoms with E-state index in [0.29, 0.717) is 5.78 Å². The zero-order chi connectivity index (χ0) is 22.4. The Morgan fingerprint density at radius 2 is 1.59 bits per heavy atom. The minimum Gasteiger partial charge on any atom is -0.495 e. The standard InChI is InChI=1S/C28H38N2O2/c1-28(24-13-7-4-8-14-24,27(31)23-11-5-3-6-12-23)17-18-29-19-21-30(22-20-29)25-15-9-10-16-26(25)32-2/h4,7-10,13-16,23H,3,5-6,11-12,17-22H2,1-2H3/t28-/m0/s1. The first-order valence-corrected chi connectivity index (χ1v) is 12.3. The smallest absolute Gasteiger partial charge is 0.146 e. The Morgan fingerprint density at radius 1 is 0.938 bits per heavy atom. The lowest BCUT2D eigenvalue weighted by Crippen LogP contribution is -2.48. The number of hydrogen-bond acceptors (Lipinski definition) is 4. The third kappa shape index (κ3) is 5.01. The highest BCUT2D eigenvalue weighted by molar-refractivity contribution is 5.91. The summed E-state index contributed by atoms with van der Waals surface area (Å²) in [5.41, 5.74) is 1.96. The molecule has 0 unspecified atom stereocenters. The van der Waals surface area contributed by atoms with Crippen LogP contribution in [0.1, 0.15) is 51.0 Å². The molecule has 4 nitrogen and oxygen atoms in total. The van der Waals surface area contributed by atoms with E-state index in [1.807, 2.05) is 18.2 Å². The van der Waals surface area contributed by atoms with Crippen LogP contribution in [0.25, 0.3) is 0 Å². The van der Waals surface area contributed by atoms with Crippen molar-refractivity contribution >= 4 is 11.5 Å².